The highest BCUT2D eigenvalue weighted by atomic mass is 32.2. The van der Waals surface area contributed by atoms with Gasteiger partial charge in [0, 0.05) is 31.0 Å². The lowest BCUT2D eigenvalue weighted by Gasteiger charge is -2.15. The molecule has 3 rings (SSSR count). The Labute approximate surface area is 174 Å². The van der Waals surface area contributed by atoms with Crippen molar-refractivity contribution in [3.8, 4) is 0 Å². The number of anilines is 1. The molecule has 0 aliphatic carbocycles. The third-order valence-corrected chi connectivity index (χ3v) is 5.54. The monoisotopic (exact) mass is 411 g/mol. The number of aryl methyl sites for hydroxylation is 4. The van der Waals surface area contributed by atoms with Crippen molar-refractivity contribution < 1.29 is 9.59 Å². The van der Waals surface area contributed by atoms with Gasteiger partial charge >= 0.3 is 0 Å². The number of amides is 2. The number of carbonyl (C=O) groups excluding carboxylic acids is 2. The summed E-state index contributed by atoms with van der Waals surface area (Å²) in [6.45, 7) is 8.25. The van der Waals surface area contributed by atoms with Crippen LogP contribution in [0.25, 0.3) is 6.08 Å². The molecule has 29 heavy (non-hydrogen) atoms. The van der Waals surface area contributed by atoms with Crippen LogP contribution < -0.4 is 5.32 Å². The SMILES string of the molecule is CCN1C(=O)/C(=C\c2cn(C)nc2C)N=C1SCC(=O)Nc1ccc(C)cc1C. The third kappa shape index (κ3) is 4.76. The molecule has 1 aromatic carbocycles. The van der Waals surface area contributed by atoms with Crippen molar-refractivity contribution in [3.63, 3.8) is 0 Å². The molecule has 0 spiro atoms. The minimum Gasteiger partial charge on any atom is -0.325 e. The highest BCUT2D eigenvalue weighted by Crippen LogP contribution is 2.25. The summed E-state index contributed by atoms with van der Waals surface area (Å²) in [4.78, 5) is 31.1. The zero-order valence-electron chi connectivity index (χ0n) is 17.3. The van der Waals surface area contributed by atoms with Crippen molar-refractivity contribution in [2.24, 2.45) is 12.0 Å². The Balaban J connectivity index is 1.70. The Bertz CT molecular complexity index is 1020. The zero-order valence-corrected chi connectivity index (χ0v) is 18.1. The second kappa shape index (κ2) is 8.65. The average Bonchev–Trinajstić information content (AvgIpc) is 3.14. The van der Waals surface area contributed by atoms with Crippen LogP contribution in [0.5, 0.6) is 0 Å². The fraction of sp³-hybridized carbons (Fsp3) is 0.333. The lowest BCUT2D eigenvalue weighted by molar-refractivity contribution is -0.122. The van der Waals surface area contributed by atoms with Crippen molar-refractivity contribution in [1.82, 2.24) is 14.7 Å². The Kier molecular flexibility index (Phi) is 6.22. The Morgan fingerprint density at radius 3 is 2.66 bits per heavy atom. The van der Waals surface area contributed by atoms with Crippen LogP contribution in [0.15, 0.2) is 35.1 Å². The first-order chi connectivity index (χ1) is 13.8. The van der Waals surface area contributed by atoms with E-state index in [1.807, 2.05) is 59.1 Å². The van der Waals surface area contributed by atoms with Crippen LogP contribution in [0.4, 0.5) is 5.69 Å². The van der Waals surface area contributed by atoms with Gasteiger partial charge in [0.2, 0.25) is 5.91 Å². The van der Waals surface area contributed by atoms with Gasteiger partial charge < -0.3 is 5.32 Å². The van der Waals surface area contributed by atoms with Crippen molar-refractivity contribution in [1.29, 1.82) is 0 Å². The number of aromatic nitrogens is 2. The van der Waals surface area contributed by atoms with Gasteiger partial charge in [0.1, 0.15) is 5.70 Å². The summed E-state index contributed by atoms with van der Waals surface area (Å²) >= 11 is 1.26. The van der Waals surface area contributed by atoms with Crippen molar-refractivity contribution in [2.75, 3.05) is 17.6 Å². The van der Waals surface area contributed by atoms with Gasteiger partial charge in [-0.25, -0.2) is 4.99 Å². The summed E-state index contributed by atoms with van der Waals surface area (Å²) in [6, 6.07) is 5.89. The molecule has 1 N–H and O–H groups in total. The first kappa shape index (κ1) is 20.9. The quantitative estimate of drug-likeness (QED) is 0.766. The molecule has 0 atom stereocenters. The fourth-order valence-electron chi connectivity index (χ4n) is 3.10. The molecule has 0 saturated carbocycles. The number of nitrogens with zero attached hydrogens (tertiary/aromatic N) is 4. The van der Waals surface area contributed by atoms with E-state index in [4.69, 9.17) is 0 Å². The van der Waals surface area contributed by atoms with Gasteiger partial charge in [0.25, 0.3) is 5.91 Å². The van der Waals surface area contributed by atoms with E-state index in [1.165, 1.54) is 11.8 Å². The molecule has 0 unspecified atom stereocenters. The number of benzene rings is 1. The molecular weight excluding hydrogens is 386 g/mol. The molecule has 2 amide bonds. The predicted octanol–water partition coefficient (Wildman–Crippen LogP) is 3.28. The third-order valence-electron chi connectivity index (χ3n) is 4.56. The number of aliphatic imine (C=N–C) groups is 1. The summed E-state index contributed by atoms with van der Waals surface area (Å²) in [5.74, 6) is -0.114. The first-order valence-electron chi connectivity index (χ1n) is 9.41. The number of hydrogen-bond acceptors (Lipinski definition) is 5. The molecule has 7 nitrogen and oxygen atoms in total. The highest BCUT2D eigenvalue weighted by molar-refractivity contribution is 8.14. The van der Waals surface area contributed by atoms with E-state index in [0.29, 0.717) is 17.4 Å². The van der Waals surface area contributed by atoms with Crippen LogP contribution in [0.1, 0.15) is 29.3 Å². The molecule has 1 aliphatic heterocycles. The van der Waals surface area contributed by atoms with Crippen LogP contribution in [-0.2, 0) is 16.6 Å². The van der Waals surface area contributed by atoms with E-state index >= 15 is 0 Å². The summed E-state index contributed by atoms with van der Waals surface area (Å²) in [7, 11) is 1.84. The number of amidine groups is 1. The van der Waals surface area contributed by atoms with Crippen molar-refractivity contribution >= 4 is 40.5 Å². The number of likely N-dealkylation sites (N-methyl/N-ethyl adjacent to an activating group) is 1. The maximum atomic E-state index is 12.7. The maximum absolute atomic E-state index is 12.7. The molecule has 0 fully saturated rings. The topological polar surface area (TPSA) is 79.6 Å². The van der Waals surface area contributed by atoms with Crippen molar-refractivity contribution in [3.05, 3.63) is 52.5 Å². The van der Waals surface area contributed by atoms with Gasteiger partial charge in [0.05, 0.1) is 11.4 Å². The van der Waals surface area contributed by atoms with Gasteiger partial charge in [-0.1, -0.05) is 29.5 Å². The second-order valence-electron chi connectivity index (χ2n) is 6.97. The van der Waals surface area contributed by atoms with Crippen LogP contribution >= 0.6 is 11.8 Å². The number of hydrogen-bond donors (Lipinski definition) is 1. The summed E-state index contributed by atoms with van der Waals surface area (Å²) in [5, 5.41) is 7.75. The van der Waals surface area contributed by atoms with E-state index in [9.17, 15) is 9.59 Å². The molecule has 0 radical (unpaired) electrons. The van der Waals surface area contributed by atoms with Gasteiger partial charge in [-0.3, -0.25) is 19.2 Å². The minimum atomic E-state index is -0.159. The number of carbonyl (C=O) groups is 2. The predicted molar refractivity (Wildman–Crippen MR) is 118 cm³/mol. The Morgan fingerprint density at radius 1 is 1.28 bits per heavy atom. The standard InChI is InChI=1S/C21H25N5O2S/c1-6-26-20(28)18(10-16-11-25(5)24-15(16)4)23-21(26)29-12-19(27)22-17-8-7-13(2)9-14(17)3/h7-11H,6,12H2,1-5H3,(H,22,27)/b18-10+. The Morgan fingerprint density at radius 2 is 2.03 bits per heavy atom. The maximum Gasteiger partial charge on any atom is 0.278 e. The normalized spacial score (nSPS) is 15.2. The largest absolute Gasteiger partial charge is 0.325 e. The average molecular weight is 412 g/mol. The van der Waals surface area contributed by atoms with Gasteiger partial charge in [-0.05, 0) is 45.4 Å². The lowest BCUT2D eigenvalue weighted by atomic mass is 10.1. The molecule has 0 bridgehead atoms. The molecule has 1 aromatic heterocycles. The van der Waals surface area contributed by atoms with E-state index < -0.39 is 0 Å². The molecule has 8 heteroatoms. The molecule has 152 valence electrons. The van der Waals surface area contributed by atoms with E-state index in [-0.39, 0.29) is 17.6 Å². The van der Waals surface area contributed by atoms with E-state index in [1.54, 1.807) is 15.7 Å². The first-order valence-corrected chi connectivity index (χ1v) is 10.4. The van der Waals surface area contributed by atoms with E-state index in [2.05, 4.69) is 15.4 Å². The zero-order chi connectivity index (χ0) is 21.1. The smallest absolute Gasteiger partial charge is 0.278 e. The van der Waals surface area contributed by atoms with Crippen LogP contribution in [0.3, 0.4) is 0 Å². The van der Waals surface area contributed by atoms with Crippen LogP contribution in [0, 0.1) is 20.8 Å². The van der Waals surface area contributed by atoms with Gasteiger partial charge in [-0.2, -0.15) is 5.10 Å². The highest BCUT2D eigenvalue weighted by Gasteiger charge is 2.30. The fourth-order valence-corrected chi connectivity index (χ4v) is 3.96. The number of nitrogens with one attached hydrogen (secondary N) is 1. The van der Waals surface area contributed by atoms with E-state index in [0.717, 1.165) is 28.1 Å². The lowest BCUT2D eigenvalue weighted by Crippen LogP contribution is -2.31. The Hall–Kier alpha value is -2.87. The summed E-state index contributed by atoms with van der Waals surface area (Å²) < 4.78 is 1.70. The molecule has 2 aromatic rings. The van der Waals surface area contributed by atoms with Crippen molar-refractivity contribution in [2.45, 2.75) is 27.7 Å². The van der Waals surface area contributed by atoms with Crippen LogP contribution in [-0.4, -0.2) is 44.0 Å². The number of rotatable bonds is 5. The summed E-state index contributed by atoms with van der Waals surface area (Å²) in [6.07, 6.45) is 3.60. The molecule has 2 heterocycles. The second-order valence-corrected chi connectivity index (χ2v) is 7.91. The summed E-state index contributed by atoms with van der Waals surface area (Å²) in [5.41, 5.74) is 5.01. The molecular formula is C21H25N5O2S. The molecule has 0 saturated heterocycles. The minimum absolute atomic E-state index is 0.131. The van der Waals surface area contributed by atoms with Gasteiger partial charge in [0.15, 0.2) is 5.17 Å². The number of thioether (sulfide) groups is 1. The van der Waals surface area contributed by atoms with Crippen LogP contribution in [0.2, 0.25) is 0 Å². The van der Waals surface area contributed by atoms with Gasteiger partial charge in [-0.15, -0.1) is 0 Å². The molecule has 1 aliphatic rings.